The molecule has 0 saturated heterocycles. The third-order valence-electron chi connectivity index (χ3n) is 2.42. The van der Waals surface area contributed by atoms with Crippen molar-refractivity contribution in [3.05, 3.63) is 17.9 Å². The molecule has 0 spiro atoms. The van der Waals surface area contributed by atoms with Gasteiger partial charge in [-0.05, 0) is 32.0 Å². The van der Waals surface area contributed by atoms with Crippen molar-refractivity contribution in [2.24, 2.45) is 0 Å². The van der Waals surface area contributed by atoms with Crippen molar-refractivity contribution in [3.63, 3.8) is 0 Å². The molecule has 0 aliphatic rings. The van der Waals surface area contributed by atoms with Gasteiger partial charge >= 0.3 is 0 Å². The van der Waals surface area contributed by atoms with Gasteiger partial charge < -0.3 is 9.73 Å². The van der Waals surface area contributed by atoms with E-state index in [0.29, 0.717) is 12.3 Å². The first-order chi connectivity index (χ1) is 7.99. The van der Waals surface area contributed by atoms with Gasteiger partial charge in [0.05, 0.1) is 6.54 Å². The summed E-state index contributed by atoms with van der Waals surface area (Å²) in [6, 6.07) is 3.06. The van der Waals surface area contributed by atoms with Gasteiger partial charge in [-0.1, -0.05) is 13.8 Å². The number of furan rings is 1. The first-order valence-corrected chi connectivity index (χ1v) is 7.29. The zero-order valence-electron chi connectivity index (χ0n) is 10.5. The highest BCUT2D eigenvalue weighted by Crippen LogP contribution is 2.14. The van der Waals surface area contributed by atoms with Crippen LogP contribution >= 0.6 is 0 Å². The molecule has 1 atom stereocenters. The summed E-state index contributed by atoms with van der Waals surface area (Å²) in [7, 11) is -3.52. The van der Waals surface area contributed by atoms with E-state index in [1.54, 1.807) is 6.07 Å². The zero-order chi connectivity index (χ0) is 12.9. The largest absolute Gasteiger partial charge is 0.447 e. The van der Waals surface area contributed by atoms with Gasteiger partial charge in [-0.15, -0.1) is 0 Å². The van der Waals surface area contributed by atoms with Gasteiger partial charge in [0, 0.05) is 6.04 Å². The fourth-order valence-electron chi connectivity index (χ4n) is 1.25. The van der Waals surface area contributed by atoms with E-state index in [4.69, 9.17) is 4.42 Å². The molecule has 1 unspecified atom stereocenters. The average Bonchev–Trinajstić information content (AvgIpc) is 2.75. The Morgan fingerprint density at radius 3 is 2.65 bits per heavy atom. The molecular formula is C11H20N2O3S. The van der Waals surface area contributed by atoms with Crippen molar-refractivity contribution < 1.29 is 12.8 Å². The van der Waals surface area contributed by atoms with Crippen LogP contribution in [0.1, 0.15) is 33.0 Å². The Hall–Kier alpha value is -0.850. The van der Waals surface area contributed by atoms with Crippen LogP contribution in [0.4, 0.5) is 0 Å². The van der Waals surface area contributed by atoms with Crippen molar-refractivity contribution in [2.45, 2.75) is 44.9 Å². The molecular weight excluding hydrogens is 240 g/mol. The first kappa shape index (κ1) is 14.2. The van der Waals surface area contributed by atoms with E-state index in [1.165, 1.54) is 6.07 Å². The molecule has 1 aromatic heterocycles. The monoisotopic (exact) mass is 260 g/mol. The van der Waals surface area contributed by atoms with Crippen LogP contribution < -0.4 is 10.0 Å². The van der Waals surface area contributed by atoms with Crippen LogP contribution in [0.3, 0.4) is 0 Å². The molecule has 1 rings (SSSR count). The van der Waals surface area contributed by atoms with E-state index in [2.05, 4.69) is 10.0 Å². The number of hydrogen-bond donors (Lipinski definition) is 2. The molecule has 6 heteroatoms. The highest BCUT2D eigenvalue weighted by atomic mass is 32.2. The van der Waals surface area contributed by atoms with Gasteiger partial charge in [-0.25, -0.2) is 13.1 Å². The van der Waals surface area contributed by atoms with Gasteiger partial charge in [0.2, 0.25) is 5.09 Å². The van der Waals surface area contributed by atoms with Crippen LogP contribution in [0.25, 0.3) is 0 Å². The number of nitrogens with one attached hydrogen (secondary N) is 2. The first-order valence-electron chi connectivity index (χ1n) is 5.81. The molecule has 0 fully saturated rings. The van der Waals surface area contributed by atoms with Gasteiger partial charge in [0.1, 0.15) is 5.76 Å². The van der Waals surface area contributed by atoms with Gasteiger partial charge in [-0.2, -0.15) is 0 Å². The van der Waals surface area contributed by atoms with Crippen LogP contribution in [0.5, 0.6) is 0 Å². The molecule has 0 amide bonds. The lowest BCUT2D eigenvalue weighted by Gasteiger charge is -2.09. The molecule has 2 N–H and O–H groups in total. The van der Waals surface area contributed by atoms with Crippen molar-refractivity contribution >= 4 is 10.0 Å². The second-order valence-corrected chi connectivity index (χ2v) is 5.58. The Labute approximate surface area is 103 Å². The molecule has 0 bridgehead atoms. The summed E-state index contributed by atoms with van der Waals surface area (Å²) in [5, 5.41) is 3.05. The Morgan fingerprint density at radius 1 is 1.35 bits per heavy atom. The van der Waals surface area contributed by atoms with E-state index < -0.39 is 10.0 Å². The molecule has 0 radical (unpaired) electrons. The number of rotatable bonds is 7. The minimum absolute atomic E-state index is 0.0225. The fraction of sp³-hybridized carbons (Fsp3) is 0.636. The van der Waals surface area contributed by atoms with Crippen molar-refractivity contribution in [3.8, 4) is 0 Å². The highest BCUT2D eigenvalue weighted by molar-refractivity contribution is 7.89. The maximum atomic E-state index is 11.9. The van der Waals surface area contributed by atoms with Gasteiger partial charge in [-0.3, -0.25) is 0 Å². The Balaban J connectivity index is 2.74. The van der Waals surface area contributed by atoms with E-state index in [9.17, 15) is 8.42 Å². The zero-order valence-corrected chi connectivity index (χ0v) is 11.3. The lowest BCUT2D eigenvalue weighted by Crippen LogP contribution is -2.31. The van der Waals surface area contributed by atoms with E-state index in [0.717, 1.165) is 13.0 Å². The molecule has 1 heterocycles. The molecule has 0 aromatic carbocycles. The summed E-state index contributed by atoms with van der Waals surface area (Å²) >= 11 is 0. The van der Waals surface area contributed by atoms with Gasteiger partial charge in [0.15, 0.2) is 0 Å². The maximum Gasteiger partial charge on any atom is 0.274 e. The average molecular weight is 260 g/mol. The Bertz CT molecular complexity index is 439. The van der Waals surface area contributed by atoms with E-state index >= 15 is 0 Å². The highest BCUT2D eigenvalue weighted by Gasteiger charge is 2.20. The van der Waals surface area contributed by atoms with E-state index in [-0.39, 0.29) is 11.1 Å². The maximum absolute atomic E-state index is 11.9. The summed E-state index contributed by atoms with van der Waals surface area (Å²) < 4.78 is 31.6. The summed E-state index contributed by atoms with van der Waals surface area (Å²) in [6.07, 6.45) is 0.740. The Morgan fingerprint density at radius 2 is 2.06 bits per heavy atom. The summed E-state index contributed by atoms with van der Waals surface area (Å²) in [4.78, 5) is 0. The molecule has 17 heavy (non-hydrogen) atoms. The predicted molar refractivity (Wildman–Crippen MR) is 66.2 cm³/mol. The number of sulfonamides is 1. The predicted octanol–water partition coefficient (Wildman–Crippen LogP) is 1.47. The molecule has 0 aliphatic carbocycles. The molecule has 0 saturated carbocycles. The normalized spacial score (nSPS) is 13.8. The van der Waals surface area contributed by atoms with Crippen LogP contribution in [0.15, 0.2) is 21.6 Å². The summed E-state index contributed by atoms with van der Waals surface area (Å²) in [5.74, 6) is 0.622. The third-order valence-corrected chi connectivity index (χ3v) is 3.88. The van der Waals surface area contributed by atoms with Crippen LogP contribution in [-0.2, 0) is 16.6 Å². The fourth-order valence-corrected chi connectivity index (χ4v) is 2.53. The van der Waals surface area contributed by atoms with Crippen molar-refractivity contribution in [1.29, 1.82) is 0 Å². The molecule has 0 aliphatic heterocycles. The standard InChI is InChI=1S/C11H20N2O3S/c1-4-9(3)13-17(14,15)11-7-6-10(16-11)8-12-5-2/h6-7,9,12-13H,4-5,8H2,1-3H3. The van der Waals surface area contributed by atoms with Gasteiger partial charge in [0.25, 0.3) is 10.0 Å². The third kappa shape index (κ3) is 4.14. The lowest BCUT2D eigenvalue weighted by molar-refractivity contribution is 0.399. The smallest absolute Gasteiger partial charge is 0.274 e. The topological polar surface area (TPSA) is 71.3 Å². The minimum atomic E-state index is -3.52. The van der Waals surface area contributed by atoms with Crippen molar-refractivity contribution in [1.82, 2.24) is 10.0 Å². The number of hydrogen-bond acceptors (Lipinski definition) is 4. The Kier molecular flexibility index (Phi) is 5.17. The molecule has 5 nitrogen and oxygen atoms in total. The van der Waals surface area contributed by atoms with Crippen molar-refractivity contribution in [2.75, 3.05) is 6.54 Å². The van der Waals surface area contributed by atoms with Crippen LogP contribution in [0.2, 0.25) is 0 Å². The SMILES string of the molecule is CCNCc1ccc(S(=O)(=O)NC(C)CC)o1. The summed E-state index contributed by atoms with van der Waals surface area (Å²) in [5.41, 5.74) is 0. The molecule has 1 aromatic rings. The quantitative estimate of drug-likeness (QED) is 0.778. The molecule has 98 valence electrons. The second-order valence-electron chi connectivity index (χ2n) is 3.93. The lowest BCUT2D eigenvalue weighted by atomic mass is 10.3. The van der Waals surface area contributed by atoms with Crippen LogP contribution in [-0.4, -0.2) is 21.0 Å². The summed E-state index contributed by atoms with van der Waals surface area (Å²) in [6.45, 7) is 7.07. The van der Waals surface area contributed by atoms with E-state index in [1.807, 2.05) is 20.8 Å². The minimum Gasteiger partial charge on any atom is -0.447 e. The van der Waals surface area contributed by atoms with Crippen LogP contribution in [0, 0.1) is 0 Å². The second kappa shape index (κ2) is 6.18.